The van der Waals surface area contributed by atoms with Crippen LogP contribution in [0.5, 0.6) is 17.2 Å². The molecule has 1 aromatic carbocycles. The standard InChI is InChI=1S/C22H26N4O4S/c1-28-16-11-14(12-17(29-2)19(16)30-3)5-8-18(27)24-20(15-6-7-15)26-21(31)25-22(26)9-4-10-23-13-22/h4-5,8,10-13,15,20H,6-7,9H2,1-3H3,(H,24,27)(H,25,31)/b8-5+. The van der Waals surface area contributed by atoms with Crippen LogP contribution >= 0.6 is 12.2 Å². The number of carbonyl (C=O) groups excluding carboxylic acids is 1. The summed E-state index contributed by atoms with van der Waals surface area (Å²) >= 11 is 5.47. The summed E-state index contributed by atoms with van der Waals surface area (Å²) in [6, 6.07) is 3.58. The fourth-order valence-corrected chi connectivity index (χ4v) is 4.39. The van der Waals surface area contributed by atoms with Crippen molar-refractivity contribution < 1.29 is 19.0 Å². The van der Waals surface area contributed by atoms with Crippen molar-refractivity contribution in [2.45, 2.75) is 31.1 Å². The molecule has 3 aliphatic rings. The summed E-state index contributed by atoms with van der Waals surface area (Å²) in [7, 11) is 4.67. The molecule has 0 bridgehead atoms. The number of methoxy groups -OCH3 is 3. The van der Waals surface area contributed by atoms with Crippen molar-refractivity contribution in [3.63, 3.8) is 0 Å². The molecule has 31 heavy (non-hydrogen) atoms. The zero-order chi connectivity index (χ0) is 22.0. The minimum Gasteiger partial charge on any atom is -0.493 e. The Balaban J connectivity index is 1.50. The van der Waals surface area contributed by atoms with Gasteiger partial charge in [-0.15, -0.1) is 0 Å². The van der Waals surface area contributed by atoms with Crippen LogP contribution < -0.4 is 24.8 Å². The molecule has 1 spiro atoms. The lowest BCUT2D eigenvalue weighted by atomic mass is 9.97. The number of benzene rings is 1. The van der Waals surface area contributed by atoms with E-state index in [1.54, 1.807) is 45.7 Å². The number of rotatable bonds is 8. The number of amides is 1. The second-order valence-corrected chi connectivity index (χ2v) is 8.06. The topological polar surface area (TPSA) is 84.4 Å². The molecule has 2 fully saturated rings. The van der Waals surface area contributed by atoms with Crippen molar-refractivity contribution >= 4 is 35.5 Å². The third-order valence-corrected chi connectivity index (χ3v) is 5.93. The highest BCUT2D eigenvalue weighted by atomic mass is 32.1. The Kier molecular flexibility index (Phi) is 5.86. The van der Waals surface area contributed by atoms with E-state index < -0.39 is 5.66 Å². The SMILES string of the molecule is COc1cc(/C=C/C(=O)NC(C2CC2)N2C(=S)NC23C=NC=CC3)cc(OC)c1OC. The fraction of sp³-hybridized carbons (Fsp3) is 0.409. The molecule has 9 heteroatoms. The Morgan fingerprint density at radius 1 is 1.29 bits per heavy atom. The van der Waals surface area contributed by atoms with Gasteiger partial charge in [0.2, 0.25) is 11.7 Å². The Morgan fingerprint density at radius 2 is 2.00 bits per heavy atom. The van der Waals surface area contributed by atoms with Crippen molar-refractivity contribution in [3.05, 3.63) is 36.0 Å². The van der Waals surface area contributed by atoms with Crippen molar-refractivity contribution in [3.8, 4) is 17.2 Å². The summed E-state index contributed by atoms with van der Waals surface area (Å²) < 4.78 is 16.1. The summed E-state index contributed by atoms with van der Waals surface area (Å²) in [5, 5.41) is 7.05. The molecule has 2 N–H and O–H groups in total. The van der Waals surface area contributed by atoms with Gasteiger partial charge in [0.15, 0.2) is 22.3 Å². The van der Waals surface area contributed by atoms with Crippen molar-refractivity contribution in [1.29, 1.82) is 0 Å². The van der Waals surface area contributed by atoms with Crippen LogP contribution in [-0.2, 0) is 4.79 Å². The molecular formula is C22H26N4O4S. The van der Waals surface area contributed by atoms with Gasteiger partial charge >= 0.3 is 0 Å². The van der Waals surface area contributed by atoms with E-state index in [2.05, 4.69) is 20.5 Å². The number of hydrogen-bond donors (Lipinski definition) is 2. The molecule has 2 aliphatic heterocycles. The first-order valence-corrected chi connectivity index (χ1v) is 10.5. The average molecular weight is 443 g/mol. The summed E-state index contributed by atoms with van der Waals surface area (Å²) in [6.07, 6.45) is 11.5. The van der Waals surface area contributed by atoms with E-state index in [-0.39, 0.29) is 12.1 Å². The lowest BCUT2D eigenvalue weighted by Gasteiger charge is -2.56. The smallest absolute Gasteiger partial charge is 0.245 e. The van der Waals surface area contributed by atoms with Gasteiger partial charge in [0.05, 0.1) is 27.5 Å². The molecule has 164 valence electrons. The maximum atomic E-state index is 12.8. The van der Waals surface area contributed by atoms with Crippen LogP contribution in [0.1, 0.15) is 24.8 Å². The largest absolute Gasteiger partial charge is 0.493 e. The van der Waals surface area contributed by atoms with Gasteiger partial charge in [-0.2, -0.15) is 0 Å². The van der Waals surface area contributed by atoms with Crippen molar-refractivity contribution in [2.24, 2.45) is 10.9 Å². The van der Waals surface area contributed by atoms with Crippen LogP contribution in [0.2, 0.25) is 0 Å². The van der Waals surface area contributed by atoms with Gasteiger partial charge in [0.25, 0.3) is 0 Å². The van der Waals surface area contributed by atoms with Gasteiger partial charge in [-0.3, -0.25) is 9.79 Å². The summed E-state index contributed by atoms with van der Waals surface area (Å²) in [6.45, 7) is 0. The van der Waals surface area contributed by atoms with Crippen LogP contribution in [0.4, 0.5) is 0 Å². The predicted octanol–water partition coefficient (Wildman–Crippen LogP) is 2.45. The molecule has 1 aromatic rings. The molecule has 0 aromatic heterocycles. The molecule has 8 nitrogen and oxygen atoms in total. The van der Waals surface area contributed by atoms with Crippen LogP contribution in [0.15, 0.2) is 35.5 Å². The maximum Gasteiger partial charge on any atom is 0.245 e. The van der Waals surface area contributed by atoms with E-state index in [9.17, 15) is 4.79 Å². The molecule has 1 aliphatic carbocycles. The molecule has 1 saturated heterocycles. The zero-order valence-electron chi connectivity index (χ0n) is 17.8. The zero-order valence-corrected chi connectivity index (χ0v) is 18.6. The Hall–Kier alpha value is -3.07. The minimum atomic E-state index is -0.452. The molecule has 2 heterocycles. The summed E-state index contributed by atoms with van der Waals surface area (Å²) in [5.41, 5.74) is 0.307. The Bertz CT molecular complexity index is 943. The van der Waals surface area contributed by atoms with E-state index in [0.717, 1.165) is 24.8 Å². The van der Waals surface area contributed by atoms with E-state index in [1.165, 1.54) is 6.08 Å². The van der Waals surface area contributed by atoms with E-state index >= 15 is 0 Å². The number of ether oxygens (including phenoxy) is 3. The van der Waals surface area contributed by atoms with Gasteiger partial charge in [-0.25, -0.2) is 0 Å². The summed E-state index contributed by atoms with van der Waals surface area (Å²) in [4.78, 5) is 19.1. The Labute approximate surface area is 186 Å². The van der Waals surface area contributed by atoms with Crippen LogP contribution in [0, 0.1) is 5.92 Å². The van der Waals surface area contributed by atoms with E-state index in [1.807, 2.05) is 12.3 Å². The number of thiocarbonyl (C=S) groups is 1. The molecule has 2 unspecified atom stereocenters. The highest BCUT2D eigenvalue weighted by Crippen LogP contribution is 2.40. The maximum absolute atomic E-state index is 12.8. The molecular weight excluding hydrogens is 416 g/mol. The van der Waals surface area contributed by atoms with Crippen LogP contribution in [0.3, 0.4) is 0 Å². The first kappa shape index (κ1) is 21.2. The van der Waals surface area contributed by atoms with E-state index in [0.29, 0.717) is 28.3 Å². The lowest BCUT2D eigenvalue weighted by Crippen LogP contribution is -2.81. The van der Waals surface area contributed by atoms with Gasteiger partial charge in [0, 0.05) is 18.7 Å². The predicted molar refractivity (Wildman–Crippen MR) is 122 cm³/mol. The lowest BCUT2D eigenvalue weighted by molar-refractivity contribution is -0.119. The van der Waals surface area contributed by atoms with Crippen molar-refractivity contribution in [1.82, 2.24) is 15.5 Å². The first-order chi connectivity index (χ1) is 15.0. The number of nitrogens with zero attached hydrogens (tertiary/aromatic N) is 2. The summed E-state index contributed by atoms with van der Waals surface area (Å²) in [5.74, 6) is 1.74. The molecule has 4 rings (SSSR count). The van der Waals surface area contributed by atoms with Crippen LogP contribution in [0.25, 0.3) is 6.08 Å². The van der Waals surface area contributed by atoms with Gasteiger partial charge < -0.3 is 29.7 Å². The number of nitrogens with one attached hydrogen (secondary N) is 2. The second-order valence-electron chi connectivity index (χ2n) is 7.67. The second kappa shape index (κ2) is 8.58. The third kappa shape index (κ3) is 4.10. The van der Waals surface area contributed by atoms with Crippen molar-refractivity contribution in [2.75, 3.05) is 21.3 Å². The molecule has 1 amide bonds. The molecule has 1 saturated carbocycles. The number of hydrogen-bond acceptors (Lipinski definition) is 6. The third-order valence-electron chi connectivity index (χ3n) is 5.63. The normalized spacial score (nSPS) is 22.8. The van der Waals surface area contributed by atoms with Gasteiger partial charge in [-0.05, 0) is 54.7 Å². The highest BCUT2D eigenvalue weighted by molar-refractivity contribution is 7.80. The van der Waals surface area contributed by atoms with Gasteiger partial charge in [0.1, 0.15) is 6.17 Å². The minimum absolute atomic E-state index is 0.177. The Morgan fingerprint density at radius 3 is 2.52 bits per heavy atom. The van der Waals surface area contributed by atoms with Crippen LogP contribution in [-0.4, -0.2) is 55.3 Å². The first-order valence-electron chi connectivity index (χ1n) is 10.1. The molecule has 2 atom stereocenters. The fourth-order valence-electron chi connectivity index (χ4n) is 3.93. The quantitative estimate of drug-likeness (QED) is 0.473. The number of carbonyl (C=O) groups is 1. The average Bonchev–Trinajstić information content (AvgIpc) is 3.62. The van der Waals surface area contributed by atoms with E-state index in [4.69, 9.17) is 26.4 Å². The highest BCUT2D eigenvalue weighted by Gasteiger charge is 2.53. The van der Waals surface area contributed by atoms with Gasteiger partial charge in [-0.1, -0.05) is 6.08 Å². The number of aliphatic imine (C=N–C) groups is 1. The molecule has 0 radical (unpaired) electrons. The monoisotopic (exact) mass is 442 g/mol.